The SMILES string of the molecule is Cc1ccc(C(C)(C)C)c(F)c1.Cc1ccc(C(C)(C)C)cc1. The van der Waals surface area contributed by atoms with Crippen molar-refractivity contribution in [2.75, 3.05) is 0 Å². The molecule has 0 radical (unpaired) electrons. The molecule has 0 spiro atoms. The van der Waals surface area contributed by atoms with Crippen molar-refractivity contribution in [3.8, 4) is 0 Å². The summed E-state index contributed by atoms with van der Waals surface area (Å²) in [7, 11) is 0. The topological polar surface area (TPSA) is 0 Å². The third-order valence-electron chi connectivity index (χ3n) is 3.85. The first-order chi connectivity index (χ1) is 10.4. The van der Waals surface area contributed by atoms with Crippen LogP contribution in [0.4, 0.5) is 4.39 Å². The summed E-state index contributed by atoms with van der Waals surface area (Å²) in [6.45, 7) is 16.8. The Balaban J connectivity index is 0.000000231. The summed E-state index contributed by atoms with van der Waals surface area (Å²) in [6.07, 6.45) is 0. The molecule has 0 aromatic heterocycles. The van der Waals surface area contributed by atoms with E-state index in [1.807, 2.05) is 39.8 Å². The maximum absolute atomic E-state index is 13.3. The van der Waals surface area contributed by atoms with Gasteiger partial charge in [0.1, 0.15) is 5.82 Å². The quantitative estimate of drug-likeness (QED) is 0.506. The molecule has 0 bridgehead atoms. The van der Waals surface area contributed by atoms with Crippen LogP contribution in [0.5, 0.6) is 0 Å². The lowest BCUT2D eigenvalue weighted by molar-refractivity contribution is 0.522. The monoisotopic (exact) mass is 314 g/mol. The summed E-state index contributed by atoms with van der Waals surface area (Å²) in [5, 5.41) is 0. The van der Waals surface area contributed by atoms with Crippen molar-refractivity contribution >= 4 is 0 Å². The molecule has 0 aliphatic heterocycles. The highest BCUT2D eigenvalue weighted by molar-refractivity contribution is 5.28. The van der Waals surface area contributed by atoms with E-state index in [0.29, 0.717) is 0 Å². The summed E-state index contributed by atoms with van der Waals surface area (Å²) in [5.41, 5.74) is 4.68. The van der Waals surface area contributed by atoms with Crippen LogP contribution in [0.15, 0.2) is 42.5 Å². The second-order valence-electron chi connectivity index (χ2n) is 8.35. The van der Waals surface area contributed by atoms with Crippen LogP contribution in [-0.4, -0.2) is 0 Å². The Kier molecular flexibility index (Phi) is 6.16. The first-order valence-electron chi connectivity index (χ1n) is 8.25. The zero-order chi connectivity index (χ0) is 17.8. The molecular formula is C22H31F. The number of halogens is 1. The van der Waals surface area contributed by atoms with Crippen LogP contribution < -0.4 is 0 Å². The highest BCUT2D eigenvalue weighted by Crippen LogP contribution is 2.25. The number of aryl methyl sites for hydroxylation is 2. The molecule has 2 aromatic carbocycles. The van der Waals surface area contributed by atoms with Crippen LogP contribution in [-0.2, 0) is 10.8 Å². The van der Waals surface area contributed by atoms with Crippen LogP contribution in [0.3, 0.4) is 0 Å². The summed E-state index contributed by atoms with van der Waals surface area (Å²) < 4.78 is 13.3. The molecule has 23 heavy (non-hydrogen) atoms. The van der Waals surface area contributed by atoms with Gasteiger partial charge in [0, 0.05) is 0 Å². The highest BCUT2D eigenvalue weighted by Gasteiger charge is 2.17. The van der Waals surface area contributed by atoms with E-state index in [-0.39, 0.29) is 16.6 Å². The standard InChI is InChI=1S/C11H15F.C11H16/c1-8-5-6-9(10(12)7-8)11(2,3)4;1-9-5-7-10(8-6-9)11(2,3)4/h5-7H,1-4H3;5-8H,1-4H3. The maximum Gasteiger partial charge on any atom is 0.127 e. The van der Waals surface area contributed by atoms with Crippen LogP contribution >= 0.6 is 0 Å². The number of hydrogen-bond acceptors (Lipinski definition) is 0. The van der Waals surface area contributed by atoms with E-state index < -0.39 is 0 Å². The van der Waals surface area contributed by atoms with Crippen LogP contribution in [0.25, 0.3) is 0 Å². The Morgan fingerprint density at radius 1 is 0.652 bits per heavy atom. The molecular weight excluding hydrogens is 283 g/mol. The lowest BCUT2D eigenvalue weighted by Gasteiger charge is -2.19. The van der Waals surface area contributed by atoms with E-state index in [1.165, 1.54) is 11.1 Å². The zero-order valence-electron chi connectivity index (χ0n) is 15.9. The zero-order valence-corrected chi connectivity index (χ0v) is 15.9. The van der Waals surface area contributed by atoms with E-state index >= 15 is 0 Å². The van der Waals surface area contributed by atoms with Gasteiger partial charge in [-0.15, -0.1) is 0 Å². The highest BCUT2D eigenvalue weighted by atomic mass is 19.1. The fraction of sp³-hybridized carbons (Fsp3) is 0.455. The van der Waals surface area contributed by atoms with E-state index in [4.69, 9.17) is 0 Å². The van der Waals surface area contributed by atoms with Crippen molar-refractivity contribution in [2.45, 2.75) is 66.2 Å². The van der Waals surface area contributed by atoms with Crippen molar-refractivity contribution in [1.29, 1.82) is 0 Å². The van der Waals surface area contributed by atoms with Gasteiger partial charge in [-0.05, 0) is 47.4 Å². The van der Waals surface area contributed by atoms with Gasteiger partial charge in [-0.2, -0.15) is 0 Å². The van der Waals surface area contributed by atoms with Gasteiger partial charge in [0.15, 0.2) is 0 Å². The molecule has 2 aromatic rings. The number of benzene rings is 2. The van der Waals surface area contributed by atoms with Crippen LogP contribution in [0.2, 0.25) is 0 Å². The minimum atomic E-state index is -0.0994. The average Bonchev–Trinajstić information content (AvgIpc) is 2.37. The molecule has 0 heterocycles. The van der Waals surface area contributed by atoms with Gasteiger partial charge in [-0.25, -0.2) is 4.39 Å². The second kappa shape index (κ2) is 7.29. The lowest BCUT2D eigenvalue weighted by atomic mass is 9.86. The molecule has 0 nitrogen and oxygen atoms in total. The molecule has 0 amide bonds. The van der Waals surface area contributed by atoms with Crippen LogP contribution in [0.1, 0.15) is 63.8 Å². The molecule has 1 heteroatoms. The third kappa shape index (κ3) is 6.17. The molecule has 0 unspecified atom stereocenters. The van der Waals surface area contributed by atoms with Crippen LogP contribution in [0, 0.1) is 19.7 Å². The smallest absolute Gasteiger partial charge is 0.127 e. The van der Waals surface area contributed by atoms with Crippen molar-refractivity contribution < 1.29 is 4.39 Å². The molecule has 0 atom stereocenters. The summed E-state index contributed by atoms with van der Waals surface area (Å²) in [6, 6.07) is 14.1. The van der Waals surface area contributed by atoms with Gasteiger partial charge in [-0.1, -0.05) is 83.5 Å². The van der Waals surface area contributed by atoms with Crippen molar-refractivity contribution in [1.82, 2.24) is 0 Å². The summed E-state index contributed by atoms with van der Waals surface area (Å²) >= 11 is 0. The predicted octanol–water partition coefficient (Wildman–Crippen LogP) is 6.72. The Hall–Kier alpha value is -1.63. The van der Waals surface area contributed by atoms with Gasteiger partial charge < -0.3 is 0 Å². The second-order valence-corrected chi connectivity index (χ2v) is 8.35. The minimum Gasteiger partial charge on any atom is -0.207 e. The van der Waals surface area contributed by atoms with Crippen molar-refractivity contribution in [3.05, 3.63) is 70.5 Å². The third-order valence-corrected chi connectivity index (χ3v) is 3.85. The largest absolute Gasteiger partial charge is 0.207 e. The minimum absolute atomic E-state index is 0.0949. The number of rotatable bonds is 0. The fourth-order valence-corrected chi connectivity index (χ4v) is 2.28. The summed E-state index contributed by atoms with van der Waals surface area (Å²) in [5.74, 6) is -0.0949. The van der Waals surface area contributed by atoms with Gasteiger partial charge in [-0.3, -0.25) is 0 Å². The van der Waals surface area contributed by atoms with E-state index in [0.717, 1.165) is 11.1 Å². The fourth-order valence-electron chi connectivity index (χ4n) is 2.28. The molecule has 0 N–H and O–H groups in total. The number of hydrogen-bond donors (Lipinski definition) is 0. The Morgan fingerprint density at radius 2 is 1.13 bits per heavy atom. The molecule has 0 fully saturated rings. The van der Waals surface area contributed by atoms with Crippen molar-refractivity contribution in [3.63, 3.8) is 0 Å². The Labute approximate surface area is 141 Å². The Morgan fingerprint density at radius 3 is 1.52 bits per heavy atom. The molecule has 0 aliphatic rings. The Bertz CT molecular complexity index is 623. The average molecular weight is 314 g/mol. The lowest BCUT2D eigenvalue weighted by Crippen LogP contribution is -2.13. The van der Waals surface area contributed by atoms with Gasteiger partial charge in [0.2, 0.25) is 0 Å². The van der Waals surface area contributed by atoms with Gasteiger partial charge in [0.05, 0.1) is 0 Å². The van der Waals surface area contributed by atoms with E-state index in [1.54, 1.807) is 6.07 Å². The van der Waals surface area contributed by atoms with E-state index in [9.17, 15) is 4.39 Å². The first kappa shape index (κ1) is 19.4. The van der Waals surface area contributed by atoms with Gasteiger partial charge >= 0.3 is 0 Å². The molecule has 0 saturated carbocycles. The molecule has 126 valence electrons. The molecule has 2 rings (SSSR count). The van der Waals surface area contributed by atoms with Gasteiger partial charge in [0.25, 0.3) is 0 Å². The molecule has 0 saturated heterocycles. The maximum atomic E-state index is 13.3. The first-order valence-corrected chi connectivity index (χ1v) is 8.25. The summed E-state index contributed by atoms with van der Waals surface area (Å²) in [4.78, 5) is 0. The molecule has 0 aliphatic carbocycles. The predicted molar refractivity (Wildman–Crippen MR) is 99.7 cm³/mol. The van der Waals surface area contributed by atoms with Crippen molar-refractivity contribution in [2.24, 2.45) is 0 Å². The van der Waals surface area contributed by atoms with E-state index in [2.05, 4.69) is 52.0 Å². The normalized spacial score (nSPS) is 11.7.